The van der Waals surface area contributed by atoms with Crippen LogP contribution in [0.2, 0.25) is 0 Å². The van der Waals surface area contributed by atoms with Crippen LogP contribution in [0.15, 0.2) is 322 Å². The molecular weight excluding hydrogens is 993 g/mol. The molecule has 1 aliphatic rings. The molecule has 4 nitrogen and oxygen atoms in total. The predicted molar refractivity (Wildman–Crippen MR) is 348 cm³/mol. The number of hydrogen-bond acceptors (Lipinski definition) is 4. The van der Waals surface area contributed by atoms with Crippen LogP contribution in [-0.2, 0) is 0 Å². The highest BCUT2D eigenvalue weighted by Gasteiger charge is 2.28. The molecule has 1 aliphatic carbocycles. The maximum atomic E-state index is 3.79. The number of anilines is 11. The highest BCUT2D eigenvalue weighted by atomic mass is 15.2. The van der Waals surface area contributed by atoms with Crippen molar-refractivity contribution in [1.82, 2.24) is 0 Å². The molecule has 0 radical (unpaired) electrons. The van der Waals surface area contributed by atoms with Gasteiger partial charge in [0.05, 0.1) is 17.1 Å². The van der Waals surface area contributed by atoms with Gasteiger partial charge in [-0.25, -0.2) is 0 Å². The number of hydrogen-bond donors (Lipinski definition) is 1. The van der Waals surface area contributed by atoms with Gasteiger partial charge in [-0.3, -0.25) is 0 Å². The summed E-state index contributed by atoms with van der Waals surface area (Å²) in [7, 11) is 0. The van der Waals surface area contributed by atoms with Crippen LogP contribution >= 0.6 is 0 Å². The maximum Gasteiger partial charge on any atom is 0.0540 e. The van der Waals surface area contributed by atoms with E-state index in [1.165, 1.54) is 32.3 Å². The average molecular weight is 1050 g/mol. The molecule has 0 unspecified atom stereocenters. The van der Waals surface area contributed by atoms with E-state index in [0.29, 0.717) is 0 Å². The topological polar surface area (TPSA) is 21.8 Å². The number of para-hydroxylation sites is 4. The van der Waals surface area contributed by atoms with Crippen LogP contribution in [-0.4, -0.2) is 0 Å². The lowest BCUT2D eigenvalue weighted by atomic mass is 9.80. The summed E-state index contributed by atoms with van der Waals surface area (Å²) in [4.78, 5) is 7.28. The van der Waals surface area contributed by atoms with Gasteiger partial charge >= 0.3 is 0 Å². The first kappa shape index (κ1) is 48.2. The minimum atomic E-state index is 1.00. The summed E-state index contributed by atoms with van der Waals surface area (Å²) in [5, 5.41) is 10.9. The number of fused-ring (bicyclic) bond motifs is 11. The first-order chi connectivity index (χ1) is 40.7. The first-order valence-electron chi connectivity index (χ1n) is 28.1. The van der Waals surface area contributed by atoms with E-state index >= 15 is 0 Å². The molecule has 0 spiro atoms. The van der Waals surface area contributed by atoms with E-state index in [2.05, 4.69) is 342 Å². The van der Waals surface area contributed by atoms with Crippen LogP contribution in [0.4, 0.5) is 62.6 Å². The zero-order valence-electron chi connectivity index (χ0n) is 44.9. The molecule has 4 heteroatoms. The van der Waals surface area contributed by atoms with Crippen molar-refractivity contribution in [3.8, 4) is 44.5 Å². The van der Waals surface area contributed by atoms with Crippen molar-refractivity contribution in [2.75, 3.05) is 20.0 Å². The Kier molecular flexibility index (Phi) is 12.2. The van der Waals surface area contributed by atoms with Gasteiger partial charge in [0.15, 0.2) is 0 Å². The van der Waals surface area contributed by atoms with Crippen molar-refractivity contribution in [1.29, 1.82) is 0 Å². The van der Waals surface area contributed by atoms with Gasteiger partial charge in [-0.05, 0) is 176 Å². The van der Waals surface area contributed by atoms with Crippen molar-refractivity contribution in [3.05, 3.63) is 322 Å². The Morgan fingerprint density at radius 2 is 0.476 bits per heavy atom. The number of nitrogens with one attached hydrogen (secondary N) is 1. The molecule has 0 saturated heterocycles. The van der Waals surface area contributed by atoms with Gasteiger partial charge in [-0.15, -0.1) is 0 Å². The maximum absolute atomic E-state index is 3.79. The van der Waals surface area contributed by atoms with Crippen LogP contribution in [0.5, 0.6) is 0 Å². The Morgan fingerprint density at radius 1 is 0.183 bits per heavy atom. The Balaban J connectivity index is 1.03. The van der Waals surface area contributed by atoms with E-state index in [4.69, 9.17) is 0 Å². The molecule has 0 aliphatic heterocycles. The second-order valence-electron chi connectivity index (χ2n) is 20.9. The highest BCUT2D eigenvalue weighted by molar-refractivity contribution is 6.09. The lowest BCUT2D eigenvalue weighted by Crippen LogP contribution is -2.12. The lowest BCUT2D eigenvalue weighted by Gasteiger charge is -2.32. The van der Waals surface area contributed by atoms with E-state index < -0.39 is 0 Å². The van der Waals surface area contributed by atoms with Crippen LogP contribution in [0.25, 0.3) is 76.8 Å². The zero-order valence-corrected chi connectivity index (χ0v) is 44.9. The second kappa shape index (κ2) is 20.7. The van der Waals surface area contributed by atoms with Crippen LogP contribution in [0, 0.1) is 0 Å². The molecule has 0 saturated carbocycles. The molecule has 0 atom stereocenters. The van der Waals surface area contributed by atoms with Crippen LogP contribution in [0.1, 0.15) is 0 Å². The minimum absolute atomic E-state index is 1.00. The molecule has 14 aromatic carbocycles. The molecular formula is C78H54N4. The average Bonchev–Trinajstić information content (AvgIpc) is 3.48. The van der Waals surface area contributed by atoms with E-state index in [1.807, 2.05) is 0 Å². The van der Waals surface area contributed by atoms with E-state index in [-0.39, 0.29) is 0 Å². The van der Waals surface area contributed by atoms with Gasteiger partial charge in [0, 0.05) is 61.7 Å². The van der Waals surface area contributed by atoms with Gasteiger partial charge in [0.2, 0.25) is 0 Å². The fourth-order valence-electron chi connectivity index (χ4n) is 12.4. The molecule has 14 aromatic rings. The summed E-state index contributed by atoms with van der Waals surface area (Å²) in [5.74, 6) is 0. The fraction of sp³-hybridized carbons (Fsp3) is 0. The molecule has 0 fully saturated rings. The smallest absolute Gasteiger partial charge is 0.0540 e. The largest absolute Gasteiger partial charge is 0.356 e. The molecule has 15 rings (SSSR count). The van der Waals surface area contributed by atoms with E-state index in [1.54, 1.807) is 0 Å². The third-order valence-corrected chi connectivity index (χ3v) is 16.1. The molecule has 0 amide bonds. The van der Waals surface area contributed by atoms with Gasteiger partial charge < -0.3 is 20.0 Å². The number of rotatable bonds is 11. The highest BCUT2D eigenvalue weighted by Crippen LogP contribution is 2.54. The second-order valence-corrected chi connectivity index (χ2v) is 20.9. The number of benzene rings is 14. The molecule has 0 bridgehead atoms. The summed E-state index contributed by atoms with van der Waals surface area (Å²) in [6.07, 6.45) is 0. The van der Waals surface area contributed by atoms with Gasteiger partial charge in [0.25, 0.3) is 0 Å². The quantitative estimate of drug-likeness (QED) is 0.139. The summed E-state index contributed by atoms with van der Waals surface area (Å²) in [6, 6.07) is 117. The van der Waals surface area contributed by atoms with E-state index in [0.717, 1.165) is 107 Å². The monoisotopic (exact) mass is 1050 g/mol. The van der Waals surface area contributed by atoms with Gasteiger partial charge in [-0.1, -0.05) is 206 Å². The van der Waals surface area contributed by atoms with Gasteiger partial charge in [-0.2, -0.15) is 0 Å². The zero-order chi connectivity index (χ0) is 54.3. The standard InChI is InChI=1S/C78H54N4/c1-5-28-57(29-6-1)79-58-42-46-68-69-47-43-63(81(60-32-9-3-10-33-60)77-40-20-26-55-23-14-17-37-66(55)77)52-74(69)75-53-64(82(61-34-11-4-12-35-61)78-41-21-27-56-24-15-18-38-67(56)78)45-49-71(75)70-48-44-62(51-73(70)72(68)50-58)80(59-30-7-2-8-31-59)76-39-19-25-54-22-13-16-36-65(54)76/h1-53,79H. The molecule has 0 aromatic heterocycles. The fourth-order valence-corrected chi connectivity index (χ4v) is 12.4. The Morgan fingerprint density at radius 3 is 0.841 bits per heavy atom. The van der Waals surface area contributed by atoms with Crippen molar-refractivity contribution >= 4 is 94.9 Å². The molecule has 386 valence electrons. The summed E-state index contributed by atoms with van der Waals surface area (Å²) in [5.41, 5.74) is 20.8. The number of nitrogens with zero attached hydrogens (tertiary/aromatic N) is 3. The normalized spacial score (nSPS) is 11.4. The van der Waals surface area contributed by atoms with Crippen LogP contribution < -0.4 is 20.0 Å². The third kappa shape index (κ3) is 8.67. The summed E-state index contributed by atoms with van der Waals surface area (Å²) in [6.45, 7) is 0. The Hall–Kier alpha value is -10.9. The van der Waals surface area contributed by atoms with E-state index in [9.17, 15) is 0 Å². The minimum Gasteiger partial charge on any atom is -0.356 e. The summed E-state index contributed by atoms with van der Waals surface area (Å²) >= 11 is 0. The van der Waals surface area contributed by atoms with Crippen molar-refractivity contribution in [2.24, 2.45) is 0 Å². The molecule has 82 heavy (non-hydrogen) atoms. The SMILES string of the molecule is c1ccc(Nc2ccc3c(c2)-c2cc(N(c4ccccc4)c4cccc5ccccc45)ccc2-c2ccc(N(c4ccccc4)c4cccc5ccccc45)cc2-c2cc(N(c4ccccc4)c4cccc5ccccc45)ccc2-3)cc1. The molecule has 1 N–H and O–H groups in total. The van der Waals surface area contributed by atoms with Gasteiger partial charge in [0.1, 0.15) is 0 Å². The Labute approximate surface area is 478 Å². The van der Waals surface area contributed by atoms with Crippen molar-refractivity contribution < 1.29 is 0 Å². The predicted octanol–water partition coefficient (Wildman–Crippen LogP) is 22.3. The first-order valence-corrected chi connectivity index (χ1v) is 28.1. The Bertz CT molecular complexity index is 4650. The summed E-state index contributed by atoms with van der Waals surface area (Å²) < 4.78 is 0. The molecule has 0 heterocycles. The van der Waals surface area contributed by atoms with Crippen LogP contribution in [0.3, 0.4) is 0 Å². The lowest BCUT2D eigenvalue weighted by molar-refractivity contribution is 1.29. The van der Waals surface area contributed by atoms with Crippen molar-refractivity contribution in [3.63, 3.8) is 0 Å². The van der Waals surface area contributed by atoms with Crippen molar-refractivity contribution in [2.45, 2.75) is 0 Å². The third-order valence-electron chi connectivity index (χ3n) is 16.1.